The van der Waals surface area contributed by atoms with Gasteiger partial charge < -0.3 is 0 Å². The summed E-state index contributed by atoms with van der Waals surface area (Å²) in [6.07, 6.45) is 0. The molecule has 0 saturated heterocycles. The minimum atomic E-state index is 0.0740. The third kappa shape index (κ3) is 2.19. The van der Waals surface area contributed by atoms with Crippen molar-refractivity contribution in [3.63, 3.8) is 0 Å². The van der Waals surface area contributed by atoms with E-state index >= 15 is 0 Å². The first-order chi connectivity index (χ1) is 4.33. The summed E-state index contributed by atoms with van der Waals surface area (Å²) in [6.45, 7) is 0. The minimum absolute atomic E-state index is 0.0740. The van der Waals surface area contributed by atoms with Crippen molar-refractivity contribution in [2.75, 3.05) is 0 Å². The Morgan fingerprint density at radius 3 is 2.11 bits per heavy atom. The molecule has 3 heteroatoms. The molecule has 1 rings (SSSR count). The van der Waals surface area contributed by atoms with Gasteiger partial charge in [-0.05, 0) is 0 Å². The summed E-state index contributed by atoms with van der Waals surface area (Å²) >= 11 is 5.71. The Kier molecular flexibility index (Phi) is 2.87. The molecule has 0 aliphatic rings. The van der Waals surface area contributed by atoms with Crippen LogP contribution in [-0.2, 0) is 0 Å². The van der Waals surface area contributed by atoms with E-state index in [-0.39, 0.29) is 14.0 Å². The Morgan fingerprint density at radius 1 is 1.11 bits per heavy atom. The molecule has 0 radical (unpaired) electrons. The van der Waals surface area contributed by atoms with Gasteiger partial charge in [-0.15, -0.1) is 0 Å². The van der Waals surface area contributed by atoms with Gasteiger partial charge in [0.25, 0.3) is 0 Å². The Balaban J connectivity index is 2.88. The fourth-order valence-electron chi connectivity index (χ4n) is 0.486. The number of benzene rings is 1. The fraction of sp³-hybridized carbons (Fsp3) is 0. The van der Waals surface area contributed by atoms with Crippen LogP contribution in [0.15, 0.2) is 24.3 Å². The van der Waals surface area contributed by atoms with E-state index in [0.717, 1.165) is 9.48 Å². The zero-order valence-electron chi connectivity index (χ0n) is 4.47. The van der Waals surface area contributed by atoms with Gasteiger partial charge in [-0.3, -0.25) is 0 Å². The van der Waals surface area contributed by atoms with Crippen molar-refractivity contribution >= 4 is 40.2 Å². The van der Waals surface area contributed by atoms with Crippen LogP contribution in [0.25, 0.3) is 0 Å². The second-order valence-electron chi connectivity index (χ2n) is 1.53. The summed E-state index contributed by atoms with van der Waals surface area (Å²) in [5, 5.41) is 0.764. The van der Waals surface area contributed by atoms with Crippen LogP contribution in [0.3, 0.4) is 0 Å². The van der Waals surface area contributed by atoms with E-state index in [0.29, 0.717) is 0 Å². The average molecular weight is 226 g/mol. The fourth-order valence-corrected chi connectivity index (χ4v) is 1.65. The summed E-state index contributed by atoms with van der Waals surface area (Å²) in [5.74, 6) is 0. The maximum atomic E-state index is 5.63. The van der Waals surface area contributed by atoms with E-state index in [1.165, 1.54) is 0 Å². The van der Waals surface area contributed by atoms with E-state index in [9.17, 15) is 0 Å². The van der Waals surface area contributed by atoms with Gasteiger partial charge in [0.1, 0.15) is 0 Å². The van der Waals surface area contributed by atoms with Crippen LogP contribution in [0, 0.1) is 0 Å². The SMILES string of the molecule is Cl[Se]c1ccc(Cl)cc1. The first-order valence-corrected chi connectivity index (χ1v) is 5.85. The van der Waals surface area contributed by atoms with E-state index < -0.39 is 0 Å². The normalized spacial score (nSPS) is 9.56. The topological polar surface area (TPSA) is 0 Å². The molecular formula is C6H4Cl2Se. The molecule has 1 aromatic rings. The first-order valence-electron chi connectivity index (χ1n) is 2.37. The molecule has 0 N–H and O–H groups in total. The number of halogens is 2. The zero-order valence-corrected chi connectivity index (χ0v) is 7.70. The van der Waals surface area contributed by atoms with Crippen LogP contribution in [0.5, 0.6) is 0 Å². The summed E-state index contributed by atoms with van der Waals surface area (Å²) in [7, 11) is 5.60. The molecular weight excluding hydrogens is 222 g/mol. The molecule has 0 fully saturated rings. The Bertz CT molecular complexity index is 183. The van der Waals surface area contributed by atoms with Gasteiger partial charge >= 0.3 is 69.5 Å². The van der Waals surface area contributed by atoms with Gasteiger partial charge in [0.2, 0.25) is 0 Å². The Morgan fingerprint density at radius 2 is 1.67 bits per heavy atom. The molecule has 0 saturated carbocycles. The third-order valence-corrected chi connectivity index (χ3v) is 3.03. The van der Waals surface area contributed by atoms with Gasteiger partial charge in [-0.25, -0.2) is 0 Å². The van der Waals surface area contributed by atoms with Crippen LogP contribution < -0.4 is 4.46 Å². The molecule has 0 bridgehead atoms. The molecule has 0 aliphatic carbocycles. The third-order valence-electron chi connectivity index (χ3n) is 0.903. The summed E-state index contributed by atoms with van der Waals surface area (Å²) < 4.78 is 1.16. The number of hydrogen-bond donors (Lipinski definition) is 0. The van der Waals surface area contributed by atoms with Gasteiger partial charge in [-0.2, -0.15) is 0 Å². The molecule has 0 aliphatic heterocycles. The van der Waals surface area contributed by atoms with Crippen molar-refractivity contribution < 1.29 is 0 Å². The zero-order chi connectivity index (χ0) is 6.69. The average Bonchev–Trinajstić information content (AvgIpc) is 1.90. The number of hydrogen-bond acceptors (Lipinski definition) is 0. The molecule has 1 aromatic carbocycles. The van der Waals surface area contributed by atoms with E-state index in [2.05, 4.69) is 0 Å². The van der Waals surface area contributed by atoms with Crippen LogP contribution in [-0.4, -0.2) is 14.0 Å². The molecule has 0 amide bonds. The van der Waals surface area contributed by atoms with E-state index in [1.54, 1.807) is 0 Å². The monoisotopic (exact) mass is 226 g/mol. The van der Waals surface area contributed by atoms with Crippen molar-refractivity contribution in [3.05, 3.63) is 29.3 Å². The molecule has 9 heavy (non-hydrogen) atoms. The second-order valence-corrected chi connectivity index (χ2v) is 4.08. The molecule has 48 valence electrons. The van der Waals surface area contributed by atoms with Crippen LogP contribution >= 0.6 is 21.7 Å². The van der Waals surface area contributed by atoms with E-state index in [4.69, 9.17) is 21.7 Å². The molecule has 0 nitrogen and oxygen atoms in total. The van der Waals surface area contributed by atoms with Crippen molar-refractivity contribution in [3.8, 4) is 0 Å². The summed E-state index contributed by atoms with van der Waals surface area (Å²) in [5.41, 5.74) is 0. The van der Waals surface area contributed by atoms with Crippen molar-refractivity contribution in [1.29, 1.82) is 0 Å². The quantitative estimate of drug-likeness (QED) is 0.640. The van der Waals surface area contributed by atoms with Crippen LogP contribution in [0.4, 0.5) is 0 Å². The molecule has 0 heterocycles. The number of rotatable bonds is 1. The van der Waals surface area contributed by atoms with Crippen molar-refractivity contribution in [2.24, 2.45) is 0 Å². The molecule has 0 unspecified atom stereocenters. The van der Waals surface area contributed by atoms with E-state index in [1.807, 2.05) is 24.3 Å². The van der Waals surface area contributed by atoms with Gasteiger partial charge in [-0.1, -0.05) is 0 Å². The van der Waals surface area contributed by atoms with Crippen molar-refractivity contribution in [1.82, 2.24) is 0 Å². The van der Waals surface area contributed by atoms with Gasteiger partial charge in [0.15, 0.2) is 0 Å². The second kappa shape index (κ2) is 3.48. The molecule has 0 atom stereocenters. The molecule has 0 spiro atoms. The Hall–Kier alpha value is 0.319. The summed E-state index contributed by atoms with van der Waals surface area (Å²) in [6, 6.07) is 7.58. The predicted octanol–water partition coefficient (Wildman–Crippen LogP) is 1.82. The van der Waals surface area contributed by atoms with Crippen LogP contribution in [0.2, 0.25) is 5.02 Å². The summed E-state index contributed by atoms with van der Waals surface area (Å²) in [4.78, 5) is 0. The first kappa shape index (κ1) is 7.43. The van der Waals surface area contributed by atoms with Crippen molar-refractivity contribution in [2.45, 2.75) is 0 Å². The predicted molar refractivity (Wildman–Crippen MR) is 42.7 cm³/mol. The molecule has 0 aromatic heterocycles. The van der Waals surface area contributed by atoms with Gasteiger partial charge in [0.05, 0.1) is 0 Å². The van der Waals surface area contributed by atoms with Crippen LogP contribution in [0.1, 0.15) is 0 Å². The maximum absolute atomic E-state index is 5.63. The Labute approximate surface area is 69.5 Å². The standard InChI is InChI=1S/C6H4Cl2Se/c7-5-1-3-6(9-8)4-2-5/h1-4H. The van der Waals surface area contributed by atoms with Gasteiger partial charge in [0, 0.05) is 0 Å².